The van der Waals surface area contributed by atoms with E-state index in [4.69, 9.17) is 5.11 Å². The maximum Gasteiger partial charge on any atom is 0.404 e. The Hall–Kier alpha value is -2.83. The lowest BCUT2D eigenvalue weighted by Gasteiger charge is -2.13. The highest BCUT2D eigenvalue weighted by Crippen LogP contribution is 2.08. The topological polar surface area (TPSA) is 96.2 Å². The van der Waals surface area contributed by atoms with Gasteiger partial charge in [0.2, 0.25) is 0 Å². The fraction of sp³-hybridized carbons (Fsp3) is 0.267. The average Bonchev–Trinajstić information content (AvgIpc) is 2.52. The molecule has 1 atom stereocenters. The van der Waals surface area contributed by atoms with Crippen molar-refractivity contribution in [2.24, 2.45) is 5.92 Å². The molecule has 0 radical (unpaired) electrons. The summed E-state index contributed by atoms with van der Waals surface area (Å²) in [6.45, 7) is 2.90. The standard InChI is InChI=1S/C15H18N4O3/c1-11(9-18-15(21)22)8-16-13-6-5-12(10-17-13)19-7-3-2-4-14(19)20/h2-7,10-11,18H,8-9H2,1H3,(H,16,17)(H,21,22). The lowest BCUT2D eigenvalue weighted by molar-refractivity contribution is 0.193. The molecule has 0 aliphatic carbocycles. The summed E-state index contributed by atoms with van der Waals surface area (Å²) >= 11 is 0. The smallest absolute Gasteiger partial charge is 0.404 e. The quantitative estimate of drug-likeness (QED) is 0.752. The van der Waals surface area contributed by atoms with Crippen molar-refractivity contribution in [1.82, 2.24) is 14.9 Å². The van der Waals surface area contributed by atoms with E-state index < -0.39 is 6.09 Å². The fourth-order valence-electron chi connectivity index (χ4n) is 1.89. The Morgan fingerprint density at radius 3 is 2.77 bits per heavy atom. The number of hydrogen-bond donors (Lipinski definition) is 3. The Bertz CT molecular complexity index is 682. The van der Waals surface area contributed by atoms with E-state index in [-0.39, 0.29) is 11.5 Å². The molecule has 0 aliphatic heterocycles. The van der Waals surface area contributed by atoms with Crippen molar-refractivity contribution in [1.29, 1.82) is 0 Å². The van der Waals surface area contributed by atoms with Crippen LogP contribution in [0, 0.1) is 5.92 Å². The number of rotatable bonds is 6. The number of pyridine rings is 2. The molecule has 1 unspecified atom stereocenters. The van der Waals surface area contributed by atoms with Gasteiger partial charge in [-0.2, -0.15) is 0 Å². The summed E-state index contributed by atoms with van der Waals surface area (Å²) in [6.07, 6.45) is 2.28. The van der Waals surface area contributed by atoms with Gasteiger partial charge in [0.15, 0.2) is 0 Å². The highest BCUT2D eigenvalue weighted by Gasteiger charge is 2.05. The Balaban J connectivity index is 1.94. The summed E-state index contributed by atoms with van der Waals surface area (Å²) in [4.78, 5) is 26.4. The predicted octanol–water partition coefficient (Wildman–Crippen LogP) is 1.55. The van der Waals surface area contributed by atoms with Gasteiger partial charge in [-0.15, -0.1) is 0 Å². The minimum Gasteiger partial charge on any atom is -0.465 e. The molecule has 2 heterocycles. The van der Waals surface area contributed by atoms with Crippen LogP contribution in [0.2, 0.25) is 0 Å². The molecule has 0 spiro atoms. The number of nitrogens with zero attached hydrogens (tertiary/aromatic N) is 2. The Morgan fingerprint density at radius 2 is 2.14 bits per heavy atom. The first-order chi connectivity index (χ1) is 10.6. The van der Waals surface area contributed by atoms with E-state index in [2.05, 4.69) is 15.6 Å². The molecule has 2 aromatic heterocycles. The van der Waals surface area contributed by atoms with Crippen LogP contribution in [0.3, 0.4) is 0 Å². The van der Waals surface area contributed by atoms with Gasteiger partial charge < -0.3 is 15.7 Å². The summed E-state index contributed by atoms with van der Waals surface area (Å²) in [6, 6.07) is 8.55. The molecule has 2 aromatic rings. The van der Waals surface area contributed by atoms with Crippen LogP contribution in [0.1, 0.15) is 6.92 Å². The SMILES string of the molecule is CC(CNC(=O)O)CNc1ccc(-n2ccccc2=O)cn1. The van der Waals surface area contributed by atoms with E-state index in [1.54, 1.807) is 36.7 Å². The van der Waals surface area contributed by atoms with E-state index in [1.165, 1.54) is 10.6 Å². The minimum absolute atomic E-state index is 0.113. The molecule has 0 fully saturated rings. The lowest BCUT2D eigenvalue weighted by atomic mass is 10.2. The second-order valence-corrected chi connectivity index (χ2v) is 4.98. The van der Waals surface area contributed by atoms with Gasteiger partial charge in [-0.25, -0.2) is 9.78 Å². The van der Waals surface area contributed by atoms with E-state index in [0.717, 1.165) is 0 Å². The van der Waals surface area contributed by atoms with Crippen molar-refractivity contribution in [3.05, 3.63) is 53.1 Å². The number of hydrogen-bond acceptors (Lipinski definition) is 4. The largest absolute Gasteiger partial charge is 0.465 e. The van der Waals surface area contributed by atoms with Crippen molar-refractivity contribution in [3.63, 3.8) is 0 Å². The van der Waals surface area contributed by atoms with Gasteiger partial charge in [-0.05, 0) is 24.1 Å². The van der Waals surface area contributed by atoms with Crippen LogP contribution in [0.4, 0.5) is 10.6 Å². The average molecular weight is 302 g/mol. The monoisotopic (exact) mass is 302 g/mol. The van der Waals surface area contributed by atoms with Crippen molar-refractivity contribution in [2.45, 2.75) is 6.92 Å². The number of carbonyl (C=O) groups is 1. The molecule has 1 amide bonds. The molecule has 0 bridgehead atoms. The molecule has 3 N–H and O–H groups in total. The Kier molecular flexibility index (Phi) is 5.13. The third-order valence-electron chi connectivity index (χ3n) is 3.08. The number of nitrogens with one attached hydrogen (secondary N) is 2. The van der Waals surface area contributed by atoms with Gasteiger partial charge in [0.25, 0.3) is 5.56 Å². The minimum atomic E-state index is -1.03. The summed E-state index contributed by atoms with van der Waals surface area (Å²) in [5.74, 6) is 0.809. The zero-order chi connectivity index (χ0) is 15.9. The number of aromatic nitrogens is 2. The van der Waals surface area contributed by atoms with Crippen LogP contribution in [0.5, 0.6) is 0 Å². The summed E-state index contributed by atoms with van der Waals surface area (Å²) in [5, 5.41) is 14.0. The van der Waals surface area contributed by atoms with Crippen molar-refractivity contribution in [2.75, 3.05) is 18.4 Å². The summed E-state index contributed by atoms with van der Waals surface area (Å²) < 4.78 is 1.51. The van der Waals surface area contributed by atoms with Gasteiger partial charge in [-0.1, -0.05) is 13.0 Å². The second kappa shape index (κ2) is 7.26. The molecular weight excluding hydrogens is 284 g/mol. The van der Waals surface area contributed by atoms with Gasteiger partial charge in [0.05, 0.1) is 11.9 Å². The molecule has 2 rings (SSSR count). The molecule has 7 nitrogen and oxygen atoms in total. The molecule has 0 saturated heterocycles. The predicted molar refractivity (Wildman–Crippen MR) is 83.5 cm³/mol. The van der Waals surface area contributed by atoms with E-state index >= 15 is 0 Å². The first kappa shape index (κ1) is 15.6. The number of amides is 1. The summed E-state index contributed by atoms with van der Waals surface area (Å²) in [5.41, 5.74) is 0.579. The zero-order valence-corrected chi connectivity index (χ0v) is 12.2. The molecule has 116 valence electrons. The van der Waals surface area contributed by atoms with Crippen LogP contribution >= 0.6 is 0 Å². The Labute approximate surface area is 127 Å². The molecular formula is C15H18N4O3. The third-order valence-corrected chi connectivity index (χ3v) is 3.08. The van der Waals surface area contributed by atoms with Gasteiger partial charge in [-0.3, -0.25) is 9.36 Å². The number of anilines is 1. The first-order valence-corrected chi connectivity index (χ1v) is 6.91. The molecule has 7 heteroatoms. The maximum absolute atomic E-state index is 11.7. The molecule has 0 aromatic carbocycles. The zero-order valence-electron chi connectivity index (χ0n) is 12.2. The maximum atomic E-state index is 11.7. The molecule has 0 saturated carbocycles. The normalized spacial score (nSPS) is 11.7. The highest BCUT2D eigenvalue weighted by atomic mass is 16.4. The molecule has 22 heavy (non-hydrogen) atoms. The molecule has 0 aliphatic rings. The van der Waals surface area contributed by atoms with Crippen molar-refractivity contribution in [3.8, 4) is 5.69 Å². The first-order valence-electron chi connectivity index (χ1n) is 6.91. The van der Waals surface area contributed by atoms with E-state index in [0.29, 0.717) is 24.6 Å². The van der Waals surface area contributed by atoms with Gasteiger partial charge in [0.1, 0.15) is 5.82 Å². The van der Waals surface area contributed by atoms with Crippen molar-refractivity contribution < 1.29 is 9.90 Å². The van der Waals surface area contributed by atoms with Crippen LogP contribution in [0.25, 0.3) is 5.69 Å². The summed E-state index contributed by atoms with van der Waals surface area (Å²) in [7, 11) is 0. The van der Waals surface area contributed by atoms with Gasteiger partial charge >= 0.3 is 6.09 Å². The van der Waals surface area contributed by atoms with E-state index in [1.807, 2.05) is 6.92 Å². The van der Waals surface area contributed by atoms with Crippen LogP contribution in [-0.2, 0) is 0 Å². The van der Waals surface area contributed by atoms with Crippen LogP contribution in [-0.4, -0.2) is 33.8 Å². The van der Waals surface area contributed by atoms with E-state index in [9.17, 15) is 9.59 Å². The third kappa shape index (κ3) is 4.34. The van der Waals surface area contributed by atoms with Crippen molar-refractivity contribution >= 4 is 11.9 Å². The van der Waals surface area contributed by atoms with Crippen LogP contribution < -0.4 is 16.2 Å². The highest BCUT2D eigenvalue weighted by molar-refractivity contribution is 5.64. The lowest BCUT2D eigenvalue weighted by Crippen LogP contribution is -2.29. The second-order valence-electron chi connectivity index (χ2n) is 4.98. The number of carboxylic acid groups (broad SMARTS) is 1. The van der Waals surface area contributed by atoms with Crippen LogP contribution in [0.15, 0.2) is 47.5 Å². The Morgan fingerprint density at radius 1 is 1.32 bits per heavy atom. The van der Waals surface area contributed by atoms with Gasteiger partial charge in [0, 0.05) is 25.4 Å². The fourth-order valence-corrected chi connectivity index (χ4v) is 1.89.